The highest BCUT2D eigenvalue weighted by molar-refractivity contribution is 5.76. The van der Waals surface area contributed by atoms with Crippen molar-refractivity contribution in [1.82, 2.24) is 20.5 Å². The fourth-order valence-electron chi connectivity index (χ4n) is 1.20. The first-order valence-corrected chi connectivity index (χ1v) is 4.97. The number of rotatable bonds is 6. The standard InChI is InChI=1S/C9H16N4O2/c1-7(4-5-14)12-9(15)3-2-8-10-6-11-13-8/h6-7,14H,2-5H2,1H3,(H,12,15)(H,10,11,13). The summed E-state index contributed by atoms with van der Waals surface area (Å²) in [5.74, 6) is 0.673. The van der Waals surface area contributed by atoms with Crippen LogP contribution in [0.5, 0.6) is 0 Å². The molecule has 0 aliphatic heterocycles. The molecule has 0 radical (unpaired) electrons. The third-order valence-electron chi connectivity index (χ3n) is 2.02. The minimum absolute atomic E-state index is 0.0113. The van der Waals surface area contributed by atoms with Gasteiger partial charge in [0.15, 0.2) is 0 Å². The summed E-state index contributed by atoms with van der Waals surface area (Å²) in [4.78, 5) is 15.3. The van der Waals surface area contributed by atoms with Crippen LogP contribution in [0.1, 0.15) is 25.6 Å². The van der Waals surface area contributed by atoms with E-state index in [9.17, 15) is 4.79 Å². The van der Waals surface area contributed by atoms with Gasteiger partial charge in [0.2, 0.25) is 5.91 Å². The summed E-state index contributed by atoms with van der Waals surface area (Å²) in [6, 6.07) is 0.0113. The van der Waals surface area contributed by atoms with Gasteiger partial charge in [0.05, 0.1) is 0 Å². The Balaban J connectivity index is 2.19. The molecule has 1 atom stereocenters. The molecule has 15 heavy (non-hydrogen) atoms. The van der Waals surface area contributed by atoms with Crippen LogP contribution in [0.4, 0.5) is 0 Å². The Hall–Kier alpha value is -1.43. The summed E-state index contributed by atoms with van der Waals surface area (Å²) in [5, 5.41) is 17.8. The van der Waals surface area contributed by atoms with E-state index >= 15 is 0 Å². The molecular weight excluding hydrogens is 196 g/mol. The number of nitrogens with zero attached hydrogens (tertiary/aromatic N) is 2. The van der Waals surface area contributed by atoms with Gasteiger partial charge >= 0.3 is 0 Å². The summed E-state index contributed by atoms with van der Waals surface area (Å²) < 4.78 is 0. The zero-order valence-electron chi connectivity index (χ0n) is 8.73. The van der Waals surface area contributed by atoms with Gasteiger partial charge in [-0.25, -0.2) is 4.98 Å². The number of hydrogen-bond donors (Lipinski definition) is 3. The van der Waals surface area contributed by atoms with E-state index in [1.54, 1.807) is 0 Å². The van der Waals surface area contributed by atoms with Gasteiger partial charge in [0.1, 0.15) is 12.2 Å². The first-order chi connectivity index (χ1) is 7.22. The van der Waals surface area contributed by atoms with E-state index in [2.05, 4.69) is 20.5 Å². The SMILES string of the molecule is CC(CCO)NC(=O)CCc1ncn[nH]1. The molecule has 1 amide bonds. The molecule has 1 rings (SSSR count). The van der Waals surface area contributed by atoms with Crippen LogP contribution in [0.3, 0.4) is 0 Å². The average molecular weight is 212 g/mol. The molecule has 0 fully saturated rings. The van der Waals surface area contributed by atoms with E-state index in [1.165, 1.54) is 6.33 Å². The van der Waals surface area contributed by atoms with Crippen LogP contribution in [0.15, 0.2) is 6.33 Å². The summed E-state index contributed by atoms with van der Waals surface area (Å²) in [7, 11) is 0. The molecule has 0 saturated carbocycles. The van der Waals surface area contributed by atoms with Crippen molar-refractivity contribution in [3.05, 3.63) is 12.2 Å². The van der Waals surface area contributed by atoms with E-state index in [4.69, 9.17) is 5.11 Å². The average Bonchev–Trinajstić information content (AvgIpc) is 2.67. The lowest BCUT2D eigenvalue weighted by molar-refractivity contribution is -0.121. The molecular formula is C9H16N4O2. The number of aromatic nitrogens is 3. The number of aliphatic hydroxyl groups excluding tert-OH is 1. The predicted molar refractivity (Wildman–Crippen MR) is 54.0 cm³/mol. The van der Waals surface area contributed by atoms with Crippen LogP contribution in [0.2, 0.25) is 0 Å². The molecule has 0 spiro atoms. The van der Waals surface area contributed by atoms with Crippen LogP contribution in [0, 0.1) is 0 Å². The second-order valence-corrected chi connectivity index (χ2v) is 3.41. The van der Waals surface area contributed by atoms with E-state index < -0.39 is 0 Å². The summed E-state index contributed by atoms with van der Waals surface area (Å²) >= 11 is 0. The third-order valence-corrected chi connectivity index (χ3v) is 2.02. The number of aryl methyl sites for hydroxylation is 1. The zero-order chi connectivity index (χ0) is 11.1. The number of aromatic amines is 1. The Morgan fingerprint density at radius 3 is 3.13 bits per heavy atom. The van der Waals surface area contributed by atoms with Crippen LogP contribution in [-0.2, 0) is 11.2 Å². The van der Waals surface area contributed by atoms with Crippen LogP contribution in [0.25, 0.3) is 0 Å². The maximum atomic E-state index is 11.4. The summed E-state index contributed by atoms with van der Waals surface area (Å²) in [5.41, 5.74) is 0. The smallest absolute Gasteiger partial charge is 0.220 e. The normalized spacial score (nSPS) is 12.4. The second-order valence-electron chi connectivity index (χ2n) is 3.41. The van der Waals surface area contributed by atoms with Gasteiger partial charge in [-0.1, -0.05) is 0 Å². The maximum absolute atomic E-state index is 11.4. The number of carbonyl (C=O) groups is 1. The molecule has 6 nitrogen and oxygen atoms in total. The number of carbonyl (C=O) groups excluding carboxylic acids is 1. The number of H-pyrrole nitrogens is 1. The van der Waals surface area contributed by atoms with Gasteiger partial charge < -0.3 is 10.4 Å². The van der Waals surface area contributed by atoms with Gasteiger partial charge in [-0.2, -0.15) is 5.10 Å². The predicted octanol–water partition coefficient (Wildman–Crippen LogP) is -0.376. The number of hydrogen-bond acceptors (Lipinski definition) is 4. The summed E-state index contributed by atoms with van der Waals surface area (Å²) in [6.07, 6.45) is 2.93. The van der Waals surface area contributed by atoms with E-state index in [1.807, 2.05) is 6.92 Å². The molecule has 1 aromatic rings. The quantitative estimate of drug-likeness (QED) is 0.599. The van der Waals surface area contributed by atoms with Crippen molar-refractivity contribution in [2.75, 3.05) is 6.61 Å². The van der Waals surface area contributed by atoms with Crippen molar-refractivity contribution < 1.29 is 9.90 Å². The van der Waals surface area contributed by atoms with Crippen molar-refractivity contribution in [1.29, 1.82) is 0 Å². The Morgan fingerprint density at radius 1 is 1.73 bits per heavy atom. The minimum Gasteiger partial charge on any atom is -0.396 e. The van der Waals surface area contributed by atoms with Gasteiger partial charge in [-0.05, 0) is 13.3 Å². The molecule has 1 aromatic heterocycles. The molecule has 0 saturated heterocycles. The lowest BCUT2D eigenvalue weighted by atomic mass is 10.2. The number of aliphatic hydroxyl groups is 1. The highest BCUT2D eigenvalue weighted by Gasteiger charge is 2.07. The van der Waals surface area contributed by atoms with Gasteiger partial charge in [-0.3, -0.25) is 9.89 Å². The maximum Gasteiger partial charge on any atom is 0.220 e. The molecule has 1 unspecified atom stereocenters. The van der Waals surface area contributed by atoms with Gasteiger partial charge in [0.25, 0.3) is 0 Å². The monoisotopic (exact) mass is 212 g/mol. The highest BCUT2D eigenvalue weighted by atomic mass is 16.3. The van der Waals surface area contributed by atoms with Crippen molar-refractivity contribution in [3.8, 4) is 0 Å². The van der Waals surface area contributed by atoms with E-state index in [-0.39, 0.29) is 18.6 Å². The van der Waals surface area contributed by atoms with Crippen LogP contribution in [-0.4, -0.2) is 38.8 Å². The van der Waals surface area contributed by atoms with Gasteiger partial charge in [0, 0.05) is 25.5 Å². The largest absolute Gasteiger partial charge is 0.396 e. The van der Waals surface area contributed by atoms with Crippen molar-refractivity contribution in [2.45, 2.75) is 32.2 Å². The number of nitrogens with one attached hydrogen (secondary N) is 2. The Kier molecular flexibility index (Phi) is 4.76. The van der Waals surface area contributed by atoms with Crippen molar-refractivity contribution in [3.63, 3.8) is 0 Å². The first kappa shape index (κ1) is 11.6. The molecule has 84 valence electrons. The van der Waals surface area contributed by atoms with Crippen molar-refractivity contribution in [2.24, 2.45) is 0 Å². The molecule has 6 heteroatoms. The highest BCUT2D eigenvalue weighted by Crippen LogP contribution is 1.95. The van der Waals surface area contributed by atoms with Crippen molar-refractivity contribution >= 4 is 5.91 Å². The first-order valence-electron chi connectivity index (χ1n) is 4.97. The molecule has 0 aliphatic rings. The molecule has 3 N–H and O–H groups in total. The molecule has 0 aromatic carbocycles. The van der Waals surface area contributed by atoms with Crippen LogP contribution >= 0.6 is 0 Å². The zero-order valence-corrected chi connectivity index (χ0v) is 8.73. The Labute approximate surface area is 88.1 Å². The number of amides is 1. The Bertz CT molecular complexity index is 286. The molecule has 1 heterocycles. The minimum atomic E-state index is -0.0349. The van der Waals surface area contributed by atoms with Crippen LogP contribution < -0.4 is 5.32 Å². The fourth-order valence-corrected chi connectivity index (χ4v) is 1.20. The third kappa shape index (κ3) is 4.55. The lowest BCUT2D eigenvalue weighted by Gasteiger charge is -2.11. The lowest BCUT2D eigenvalue weighted by Crippen LogP contribution is -2.33. The van der Waals surface area contributed by atoms with Gasteiger partial charge in [-0.15, -0.1) is 0 Å². The molecule has 0 bridgehead atoms. The van der Waals surface area contributed by atoms with E-state index in [0.29, 0.717) is 25.1 Å². The second kappa shape index (κ2) is 6.13. The topological polar surface area (TPSA) is 90.9 Å². The van der Waals surface area contributed by atoms with E-state index in [0.717, 1.165) is 0 Å². The molecule has 0 aliphatic carbocycles. The summed E-state index contributed by atoms with van der Waals surface area (Å²) in [6.45, 7) is 1.95. The fraction of sp³-hybridized carbons (Fsp3) is 0.667. The Morgan fingerprint density at radius 2 is 2.53 bits per heavy atom.